The molecule has 1 N–H and O–H groups in total. The van der Waals surface area contributed by atoms with Gasteiger partial charge in [-0.3, -0.25) is 9.69 Å². The third-order valence-electron chi connectivity index (χ3n) is 5.29. The second kappa shape index (κ2) is 9.02. The number of likely N-dealkylation sites (tertiary alicyclic amines) is 1. The summed E-state index contributed by atoms with van der Waals surface area (Å²) in [4.78, 5) is 19.1. The molecule has 0 saturated carbocycles. The predicted molar refractivity (Wildman–Crippen MR) is 109 cm³/mol. The lowest BCUT2D eigenvalue weighted by Crippen LogP contribution is -2.43. The lowest BCUT2D eigenvalue weighted by molar-refractivity contribution is -0.131. The minimum Gasteiger partial charge on any atom is -0.392 e. The fourth-order valence-electron chi connectivity index (χ4n) is 3.61. The van der Waals surface area contributed by atoms with E-state index >= 15 is 0 Å². The van der Waals surface area contributed by atoms with Gasteiger partial charge in [-0.05, 0) is 24.1 Å². The van der Waals surface area contributed by atoms with Crippen molar-refractivity contribution in [3.63, 3.8) is 0 Å². The number of aliphatic hydroxyl groups is 1. The van der Waals surface area contributed by atoms with Crippen LogP contribution in [0.1, 0.15) is 18.0 Å². The number of amides is 1. The number of carbonyl (C=O) groups excluding carboxylic acids is 1. The molecule has 0 aromatic heterocycles. The Bertz CT molecular complexity index is 723. The predicted octanol–water partition coefficient (Wildman–Crippen LogP) is 2.39. The summed E-state index contributed by atoms with van der Waals surface area (Å²) in [5, 5.41) is 9.85. The van der Waals surface area contributed by atoms with E-state index in [1.807, 2.05) is 72.4 Å². The van der Waals surface area contributed by atoms with E-state index in [1.165, 1.54) is 0 Å². The van der Waals surface area contributed by atoms with Crippen LogP contribution in [0.4, 0.5) is 5.69 Å². The first-order valence-electron chi connectivity index (χ1n) is 9.52. The fourth-order valence-corrected chi connectivity index (χ4v) is 3.61. The molecule has 2 aromatic carbocycles. The number of rotatable bonds is 7. The van der Waals surface area contributed by atoms with Gasteiger partial charge in [0.25, 0.3) is 0 Å². The number of aliphatic hydroxyl groups excluding tert-OH is 1. The van der Waals surface area contributed by atoms with Gasteiger partial charge in [-0.1, -0.05) is 48.5 Å². The number of benzene rings is 2. The molecule has 1 unspecified atom stereocenters. The summed E-state index contributed by atoms with van der Waals surface area (Å²) < 4.78 is 0. The summed E-state index contributed by atoms with van der Waals surface area (Å²) in [6.45, 7) is 2.61. The summed E-state index contributed by atoms with van der Waals surface area (Å²) in [5.41, 5.74) is 2.15. The van der Waals surface area contributed by atoms with Crippen LogP contribution in [-0.4, -0.2) is 67.2 Å². The number of hydrogen-bond acceptors (Lipinski definition) is 4. The van der Waals surface area contributed by atoms with Crippen molar-refractivity contribution in [3.05, 3.63) is 66.2 Å². The molecule has 1 amide bonds. The minimum absolute atomic E-state index is 0.0341. The molecule has 3 rings (SSSR count). The largest absolute Gasteiger partial charge is 0.392 e. The highest BCUT2D eigenvalue weighted by atomic mass is 16.3. The number of anilines is 1. The Morgan fingerprint density at radius 3 is 2.33 bits per heavy atom. The zero-order valence-electron chi connectivity index (χ0n) is 16.2. The van der Waals surface area contributed by atoms with Gasteiger partial charge in [0.1, 0.15) is 0 Å². The van der Waals surface area contributed by atoms with Gasteiger partial charge in [0.15, 0.2) is 0 Å². The topological polar surface area (TPSA) is 47.0 Å². The SMILES string of the molecule is CN(CC(=O)N(C)[C@H](CN1CCC(O)C1)c1ccccc1)c1ccccc1. The lowest BCUT2D eigenvalue weighted by atomic mass is 10.0. The Labute approximate surface area is 161 Å². The van der Waals surface area contributed by atoms with Crippen LogP contribution in [0, 0.1) is 0 Å². The van der Waals surface area contributed by atoms with Crippen molar-refractivity contribution in [2.45, 2.75) is 18.6 Å². The van der Waals surface area contributed by atoms with E-state index in [-0.39, 0.29) is 18.1 Å². The van der Waals surface area contributed by atoms with Gasteiger partial charge in [-0.15, -0.1) is 0 Å². The number of nitrogens with zero attached hydrogens (tertiary/aromatic N) is 3. The van der Waals surface area contributed by atoms with Gasteiger partial charge >= 0.3 is 0 Å². The Morgan fingerprint density at radius 1 is 1.11 bits per heavy atom. The van der Waals surface area contributed by atoms with Crippen LogP contribution in [0.3, 0.4) is 0 Å². The van der Waals surface area contributed by atoms with Crippen LogP contribution in [0.25, 0.3) is 0 Å². The molecule has 0 aliphatic carbocycles. The molecule has 2 atom stereocenters. The van der Waals surface area contributed by atoms with Crippen molar-refractivity contribution in [1.82, 2.24) is 9.80 Å². The maximum atomic E-state index is 13.0. The van der Waals surface area contributed by atoms with Crippen molar-refractivity contribution in [2.75, 3.05) is 45.2 Å². The molecule has 1 fully saturated rings. The molecule has 5 nitrogen and oxygen atoms in total. The Morgan fingerprint density at radius 2 is 1.74 bits per heavy atom. The molecule has 5 heteroatoms. The van der Waals surface area contributed by atoms with E-state index in [4.69, 9.17) is 0 Å². The van der Waals surface area contributed by atoms with Crippen molar-refractivity contribution in [2.24, 2.45) is 0 Å². The van der Waals surface area contributed by atoms with Crippen LogP contribution in [-0.2, 0) is 4.79 Å². The number of hydrogen-bond donors (Lipinski definition) is 1. The zero-order valence-corrected chi connectivity index (χ0v) is 16.2. The second-order valence-corrected chi connectivity index (χ2v) is 7.32. The second-order valence-electron chi connectivity index (χ2n) is 7.32. The van der Waals surface area contributed by atoms with Crippen LogP contribution < -0.4 is 4.90 Å². The quantitative estimate of drug-likeness (QED) is 0.816. The molecule has 1 saturated heterocycles. The first-order valence-corrected chi connectivity index (χ1v) is 9.52. The Balaban J connectivity index is 1.71. The zero-order chi connectivity index (χ0) is 19.2. The highest BCUT2D eigenvalue weighted by molar-refractivity contribution is 5.81. The number of β-amino-alcohol motifs (C(OH)–C–C–N with tert-alkyl or cyclic N) is 1. The van der Waals surface area contributed by atoms with Gasteiger partial charge in [-0.25, -0.2) is 0 Å². The smallest absolute Gasteiger partial charge is 0.242 e. The van der Waals surface area contributed by atoms with Gasteiger partial charge in [-0.2, -0.15) is 0 Å². The summed E-state index contributed by atoms with van der Waals surface area (Å²) in [7, 11) is 3.82. The Hall–Kier alpha value is -2.37. The monoisotopic (exact) mass is 367 g/mol. The molecule has 1 aliphatic rings. The van der Waals surface area contributed by atoms with Gasteiger partial charge in [0, 0.05) is 39.4 Å². The molecule has 144 valence electrons. The first-order chi connectivity index (χ1) is 13.0. The molecule has 0 bridgehead atoms. The molecule has 0 spiro atoms. The number of likely N-dealkylation sites (N-methyl/N-ethyl adjacent to an activating group) is 2. The lowest BCUT2D eigenvalue weighted by Gasteiger charge is -2.33. The van der Waals surface area contributed by atoms with E-state index in [0.717, 1.165) is 30.8 Å². The maximum Gasteiger partial charge on any atom is 0.242 e. The number of carbonyl (C=O) groups is 1. The van der Waals surface area contributed by atoms with Gasteiger partial charge in [0.05, 0.1) is 18.7 Å². The van der Waals surface area contributed by atoms with E-state index < -0.39 is 0 Å². The summed E-state index contributed by atoms with van der Waals surface area (Å²) in [6, 6.07) is 20.1. The molecular weight excluding hydrogens is 338 g/mol. The molecule has 1 aliphatic heterocycles. The van der Waals surface area contributed by atoms with Gasteiger partial charge in [0.2, 0.25) is 5.91 Å². The third kappa shape index (κ3) is 5.08. The van der Waals surface area contributed by atoms with Crippen molar-refractivity contribution >= 4 is 11.6 Å². The maximum absolute atomic E-state index is 13.0. The molecule has 1 heterocycles. The minimum atomic E-state index is -0.258. The van der Waals surface area contributed by atoms with Crippen molar-refractivity contribution in [3.8, 4) is 0 Å². The Kier molecular flexibility index (Phi) is 6.48. The normalized spacial score (nSPS) is 18.3. The standard InChI is InChI=1S/C22H29N3O2/c1-23(19-11-7-4-8-12-19)17-22(27)24(2)21(18-9-5-3-6-10-18)16-25-14-13-20(26)15-25/h3-12,20-21,26H,13-17H2,1-2H3/t20?,21-/m1/s1. The van der Waals surface area contributed by atoms with Crippen LogP contribution in [0.5, 0.6) is 0 Å². The molecule has 2 aromatic rings. The fraction of sp³-hybridized carbons (Fsp3) is 0.409. The van der Waals surface area contributed by atoms with Crippen LogP contribution in [0.15, 0.2) is 60.7 Å². The number of para-hydroxylation sites is 1. The third-order valence-corrected chi connectivity index (χ3v) is 5.29. The summed E-state index contributed by atoms with van der Waals surface area (Å²) >= 11 is 0. The van der Waals surface area contributed by atoms with Crippen LogP contribution in [0.2, 0.25) is 0 Å². The van der Waals surface area contributed by atoms with Crippen molar-refractivity contribution < 1.29 is 9.90 Å². The van der Waals surface area contributed by atoms with E-state index in [1.54, 1.807) is 0 Å². The summed E-state index contributed by atoms with van der Waals surface area (Å²) in [6.07, 6.45) is 0.544. The first kappa shape index (κ1) is 19.4. The molecule has 0 radical (unpaired) electrons. The highest BCUT2D eigenvalue weighted by Crippen LogP contribution is 2.23. The van der Waals surface area contributed by atoms with Crippen molar-refractivity contribution in [1.29, 1.82) is 0 Å². The summed E-state index contributed by atoms with van der Waals surface area (Å²) in [5.74, 6) is 0.0787. The van der Waals surface area contributed by atoms with E-state index in [0.29, 0.717) is 13.1 Å². The van der Waals surface area contributed by atoms with Gasteiger partial charge < -0.3 is 14.9 Å². The molecular formula is C22H29N3O2. The van der Waals surface area contributed by atoms with E-state index in [2.05, 4.69) is 17.0 Å². The average molecular weight is 367 g/mol. The molecule has 27 heavy (non-hydrogen) atoms. The average Bonchev–Trinajstić information content (AvgIpc) is 3.11. The van der Waals surface area contributed by atoms with Crippen LogP contribution >= 0.6 is 0 Å². The highest BCUT2D eigenvalue weighted by Gasteiger charge is 2.28. The van der Waals surface area contributed by atoms with E-state index in [9.17, 15) is 9.90 Å².